The Morgan fingerprint density at radius 2 is 1.96 bits per heavy atom. The molecule has 0 aliphatic heterocycles. The largest absolute Gasteiger partial charge is 0.392 e. The minimum atomic E-state index is -0.285. The molecule has 0 aliphatic rings. The molecule has 4 rings (SSSR count). The minimum absolute atomic E-state index is 0.165. The van der Waals surface area contributed by atoms with Crippen molar-refractivity contribution >= 4 is 5.52 Å². The van der Waals surface area contributed by atoms with E-state index in [4.69, 9.17) is 4.52 Å². The van der Waals surface area contributed by atoms with Gasteiger partial charge in [0.25, 0.3) is 5.56 Å². The summed E-state index contributed by atoms with van der Waals surface area (Å²) in [7, 11) is 0. The molecule has 0 fully saturated rings. The van der Waals surface area contributed by atoms with Crippen molar-refractivity contribution in [2.75, 3.05) is 0 Å². The van der Waals surface area contributed by atoms with Gasteiger partial charge in [0.05, 0.1) is 12.3 Å². The van der Waals surface area contributed by atoms with Crippen molar-refractivity contribution < 1.29 is 9.63 Å². The molecule has 0 unspecified atom stereocenters. The van der Waals surface area contributed by atoms with E-state index < -0.39 is 0 Å². The molecule has 0 saturated heterocycles. The number of aliphatic hydroxyl groups excluding tert-OH is 1. The number of fused-ring (bicyclic) bond motifs is 1. The first-order chi connectivity index (χ1) is 13.1. The average molecular weight is 365 g/mol. The molecule has 0 radical (unpaired) electrons. The SMILES string of the molecule is CCc1noc(Cn2ccn3nc(-c4ccc(C)cc4)c(CO)c3c2=O)n1. The summed E-state index contributed by atoms with van der Waals surface area (Å²) >= 11 is 0. The van der Waals surface area contributed by atoms with E-state index in [1.165, 1.54) is 9.08 Å². The first kappa shape index (κ1) is 17.2. The van der Waals surface area contributed by atoms with Gasteiger partial charge >= 0.3 is 0 Å². The molecule has 0 atom stereocenters. The number of aromatic nitrogens is 5. The molecule has 0 amide bonds. The summed E-state index contributed by atoms with van der Waals surface area (Å²) in [4.78, 5) is 17.2. The summed E-state index contributed by atoms with van der Waals surface area (Å²) in [5.74, 6) is 0.961. The third-order valence-electron chi connectivity index (χ3n) is 4.47. The maximum absolute atomic E-state index is 13.0. The van der Waals surface area contributed by atoms with Gasteiger partial charge in [0, 0.05) is 29.9 Å². The van der Waals surface area contributed by atoms with Crippen LogP contribution in [0.15, 0.2) is 46.0 Å². The van der Waals surface area contributed by atoms with Crippen LogP contribution in [0.25, 0.3) is 16.8 Å². The zero-order valence-corrected chi connectivity index (χ0v) is 15.1. The van der Waals surface area contributed by atoms with Crippen LogP contribution in [0.1, 0.15) is 29.8 Å². The van der Waals surface area contributed by atoms with Crippen molar-refractivity contribution in [1.29, 1.82) is 0 Å². The fourth-order valence-electron chi connectivity index (χ4n) is 3.01. The number of aryl methyl sites for hydroxylation is 2. The highest BCUT2D eigenvalue weighted by Crippen LogP contribution is 2.25. The lowest BCUT2D eigenvalue weighted by Crippen LogP contribution is -2.22. The smallest absolute Gasteiger partial charge is 0.277 e. The molecule has 138 valence electrons. The zero-order valence-electron chi connectivity index (χ0n) is 15.1. The van der Waals surface area contributed by atoms with Crippen LogP contribution in [0.2, 0.25) is 0 Å². The maximum Gasteiger partial charge on any atom is 0.277 e. The number of rotatable bonds is 5. The monoisotopic (exact) mass is 365 g/mol. The van der Waals surface area contributed by atoms with Gasteiger partial charge in [0.1, 0.15) is 12.1 Å². The van der Waals surface area contributed by atoms with Crippen LogP contribution in [-0.4, -0.2) is 29.4 Å². The molecule has 1 aromatic carbocycles. The number of aliphatic hydroxyl groups is 1. The van der Waals surface area contributed by atoms with E-state index in [1.54, 1.807) is 12.4 Å². The Labute approximate surface area is 154 Å². The Balaban J connectivity index is 1.82. The lowest BCUT2D eigenvalue weighted by molar-refractivity contribution is 0.283. The van der Waals surface area contributed by atoms with Gasteiger partial charge < -0.3 is 14.2 Å². The highest BCUT2D eigenvalue weighted by molar-refractivity contribution is 5.72. The molecule has 8 heteroatoms. The molecule has 0 bridgehead atoms. The fourth-order valence-corrected chi connectivity index (χ4v) is 3.01. The molecule has 0 saturated carbocycles. The lowest BCUT2D eigenvalue weighted by Gasteiger charge is -2.03. The van der Waals surface area contributed by atoms with Gasteiger partial charge in [-0.05, 0) is 6.92 Å². The van der Waals surface area contributed by atoms with Crippen LogP contribution in [0.4, 0.5) is 0 Å². The minimum Gasteiger partial charge on any atom is -0.392 e. The topological polar surface area (TPSA) is 98.5 Å². The van der Waals surface area contributed by atoms with Gasteiger partial charge in [0.2, 0.25) is 5.89 Å². The van der Waals surface area contributed by atoms with Crippen LogP contribution in [0.3, 0.4) is 0 Å². The second-order valence-electron chi connectivity index (χ2n) is 6.33. The van der Waals surface area contributed by atoms with E-state index in [-0.39, 0.29) is 18.7 Å². The van der Waals surface area contributed by atoms with Crippen molar-refractivity contribution in [2.24, 2.45) is 0 Å². The highest BCUT2D eigenvalue weighted by atomic mass is 16.5. The predicted molar refractivity (Wildman–Crippen MR) is 98.3 cm³/mol. The van der Waals surface area contributed by atoms with Crippen molar-refractivity contribution in [3.05, 3.63) is 69.9 Å². The number of hydrogen-bond acceptors (Lipinski definition) is 6. The van der Waals surface area contributed by atoms with E-state index in [0.29, 0.717) is 34.9 Å². The Morgan fingerprint density at radius 1 is 1.19 bits per heavy atom. The van der Waals surface area contributed by atoms with E-state index in [9.17, 15) is 9.90 Å². The Bertz CT molecular complexity index is 1150. The highest BCUT2D eigenvalue weighted by Gasteiger charge is 2.18. The Morgan fingerprint density at radius 3 is 2.63 bits per heavy atom. The van der Waals surface area contributed by atoms with Gasteiger partial charge in [-0.25, -0.2) is 4.52 Å². The molecular formula is C19H19N5O3. The van der Waals surface area contributed by atoms with Gasteiger partial charge in [-0.3, -0.25) is 4.79 Å². The summed E-state index contributed by atoms with van der Waals surface area (Å²) in [5, 5.41) is 18.3. The summed E-state index contributed by atoms with van der Waals surface area (Å²) in [5.41, 5.74) is 3.14. The molecule has 8 nitrogen and oxygen atoms in total. The number of nitrogens with zero attached hydrogens (tertiary/aromatic N) is 5. The third-order valence-corrected chi connectivity index (χ3v) is 4.47. The first-order valence-corrected chi connectivity index (χ1v) is 8.70. The van der Waals surface area contributed by atoms with Gasteiger partial charge in [-0.2, -0.15) is 10.1 Å². The van der Waals surface area contributed by atoms with E-state index >= 15 is 0 Å². The van der Waals surface area contributed by atoms with Crippen molar-refractivity contribution in [1.82, 2.24) is 24.3 Å². The molecule has 3 heterocycles. The first-order valence-electron chi connectivity index (χ1n) is 8.70. The molecule has 0 spiro atoms. The second kappa shape index (κ2) is 6.81. The fraction of sp³-hybridized carbons (Fsp3) is 0.263. The predicted octanol–water partition coefficient (Wildman–Crippen LogP) is 1.96. The van der Waals surface area contributed by atoms with E-state index in [0.717, 1.165) is 11.1 Å². The Hall–Kier alpha value is -3.26. The van der Waals surface area contributed by atoms with Crippen LogP contribution in [-0.2, 0) is 19.6 Å². The van der Waals surface area contributed by atoms with Crippen LogP contribution in [0, 0.1) is 6.92 Å². The van der Waals surface area contributed by atoms with Gasteiger partial charge in [-0.1, -0.05) is 41.9 Å². The molecule has 27 heavy (non-hydrogen) atoms. The van der Waals surface area contributed by atoms with Crippen LogP contribution >= 0.6 is 0 Å². The molecule has 1 N–H and O–H groups in total. The van der Waals surface area contributed by atoms with Crippen LogP contribution in [0.5, 0.6) is 0 Å². The molecular weight excluding hydrogens is 346 g/mol. The molecule has 0 aliphatic carbocycles. The number of hydrogen-bond donors (Lipinski definition) is 1. The standard InChI is InChI=1S/C19H19N5O3/c1-3-15-20-16(27-22-15)10-23-8-9-24-18(19(23)26)14(11-25)17(21-24)13-6-4-12(2)5-7-13/h4-9,25H,3,10-11H2,1-2H3. The zero-order chi connectivity index (χ0) is 19.0. The number of benzene rings is 1. The normalized spacial score (nSPS) is 11.4. The Kier molecular flexibility index (Phi) is 4.33. The van der Waals surface area contributed by atoms with E-state index in [1.807, 2.05) is 38.1 Å². The summed E-state index contributed by atoms with van der Waals surface area (Å²) in [6, 6.07) is 7.80. The third kappa shape index (κ3) is 3.04. The van der Waals surface area contributed by atoms with Crippen LogP contribution < -0.4 is 5.56 Å². The molecule has 3 aromatic heterocycles. The average Bonchev–Trinajstić information content (AvgIpc) is 3.29. The van der Waals surface area contributed by atoms with Crippen molar-refractivity contribution in [3.63, 3.8) is 0 Å². The lowest BCUT2D eigenvalue weighted by atomic mass is 10.1. The van der Waals surface area contributed by atoms with Crippen molar-refractivity contribution in [3.8, 4) is 11.3 Å². The van der Waals surface area contributed by atoms with Gasteiger partial charge in [0.15, 0.2) is 5.82 Å². The second-order valence-corrected chi connectivity index (χ2v) is 6.33. The van der Waals surface area contributed by atoms with Crippen molar-refractivity contribution in [2.45, 2.75) is 33.4 Å². The van der Waals surface area contributed by atoms with E-state index in [2.05, 4.69) is 15.2 Å². The summed E-state index contributed by atoms with van der Waals surface area (Å²) < 4.78 is 8.16. The summed E-state index contributed by atoms with van der Waals surface area (Å²) in [6.45, 7) is 3.81. The van der Waals surface area contributed by atoms with Gasteiger partial charge in [-0.15, -0.1) is 0 Å². The maximum atomic E-state index is 13.0. The summed E-state index contributed by atoms with van der Waals surface area (Å²) in [6.07, 6.45) is 3.97. The molecule has 4 aromatic rings. The quantitative estimate of drug-likeness (QED) is 0.580.